The highest BCUT2D eigenvalue weighted by atomic mass is 16.6. The monoisotopic (exact) mass is 670 g/mol. The Balaban J connectivity index is 2.13. The molecule has 0 bridgehead atoms. The number of hydrogen-bond acceptors (Lipinski definition) is 5. The van der Waals surface area contributed by atoms with Crippen LogP contribution in [0.15, 0.2) is 48.6 Å². The van der Waals surface area contributed by atoms with Crippen molar-refractivity contribution in [2.45, 2.75) is 187 Å². The van der Waals surface area contributed by atoms with E-state index < -0.39 is 0 Å². The summed E-state index contributed by atoms with van der Waals surface area (Å²) in [7, 11) is 4.07. The molecule has 5 heteroatoms. The minimum atomic E-state index is -0.313. The third-order valence-corrected chi connectivity index (χ3v) is 9.18. The Morgan fingerprint density at radius 3 is 1.38 bits per heavy atom. The number of esters is 2. The zero-order valence-electron chi connectivity index (χ0n) is 31.8. The van der Waals surface area contributed by atoms with Crippen LogP contribution < -0.4 is 0 Å². The van der Waals surface area contributed by atoms with Gasteiger partial charge in [-0.25, -0.2) is 0 Å². The third-order valence-electron chi connectivity index (χ3n) is 9.18. The molecule has 0 aromatic heterocycles. The van der Waals surface area contributed by atoms with Crippen molar-refractivity contribution < 1.29 is 19.1 Å². The Kier molecular flexibility index (Phi) is 29.3. The number of nitrogens with zero attached hydrogens (tertiary/aromatic N) is 1. The predicted molar refractivity (Wildman–Crippen MR) is 205 cm³/mol. The van der Waals surface area contributed by atoms with E-state index in [1.807, 2.05) is 14.1 Å². The smallest absolute Gasteiger partial charge is 0.306 e. The molecule has 0 N–H and O–H groups in total. The van der Waals surface area contributed by atoms with Crippen molar-refractivity contribution in [3.63, 3.8) is 0 Å². The molecule has 1 rings (SSSR count). The summed E-state index contributed by atoms with van der Waals surface area (Å²) in [6.07, 6.45) is 45.0. The molecule has 0 aromatic carbocycles. The molecule has 3 atom stereocenters. The number of rotatable bonds is 32. The molecule has 0 amide bonds. The first-order valence-corrected chi connectivity index (χ1v) is 20.1. The molecule has 0 aromatic rings. The summed E-state index contributed by atoms with van der Waals surface area (Å²) in [4.78, 5) is 27.4. The molecule has 1 saturated carbocycles. The van der Waals surface area contributed by atoms with Gasteiger partial charge in [-0.1, -0.05) is 127 Å². The zero-order chi connectivity index (χ0) is 34.9. The molecule has 1 aliphatic carbocycles. The molecule has 0 heterocycles. The quantitative estimate of drug-likeness (QED) is 0.0405. The first-order chi connectivity index (χ1) is 23.5. The number of hydrogen-bond donors (Lipinski definition) is 0. The summed E-state index contributed by atoms with van der Waals surface area (Å²) in [5.74, 6) is -0.0742. The Bertz CT molecular complexity index is 889. The van der Waals surface area contributed by atoms with Crippen LogP contribution in [0.2, 0.25) is 0 Å². The summed E-state index contributed by atoms with van der Waals surface area (Å²) in [5, 5.41) is 0. The summed E-state index contributed by atoms with van der Waals surface area (Å²) in [6.45, 7) is 5.32. The SMILES string of the molecule is CCCCC/C=C\C/C=C\CCCCCCCC(=O)O[C@@H]1[C@H](CN(C)C)C[C@@H]1OC(=O)CCCCCCC/C=C\C/C=C\CCCCC. The standard InChI is InChI=1S/C43H75NO4/c1-5-7-9-11-13-15-17-19-21-23-25-27-29-31-33-35-41(45)47-40-37-39(38-44(3)4)43(40)48-42(46)36-34-32-30-28-26-24-22-20-18-16-14-12-10-8-6-2/h13-16,19-22,39-40,43H,5-12,17-18,23-38H2,1-4H3/b15-13-,16-14-,21-19-,22-20-/t39-,40-,43+/m0/s1. The number of ether oxygens (including phenoxy) is 2. The number of unbranched alkanes of at least 4 members (excludes halogenated alkanes) is 16. The van der Waals surface area contributed by atoms with Crippen molar-refractivity contribution in [3.05, 3.63) is 48.6 Å². The number of carbonyl (C=O) groups excluding carboxylic acids is 2. The Morgan fingerprint density at radius 1 is 0.542 bits per heavy atom. The van der Waals surface area contributed by atoms with Crippen LogP contribution in [-0.2, 0) is 19.1 Å². The lowest BCUT2D eigenvalue weighted by molar-refractivity contribution is -0.194. The average Bonchev–Trinajstić information content (AvgIpc) is 3.06. The lowest BCUT2D eigenvalue weighted by atomic mass is 9.78. The van der Waals surface area contributed by atoms with Crippen LogP contribution in [0.5, 0.6) is 0 Å². The topological polar surface area (TPSA) is 55.8 Å². The van der Waals surface area contributed by atoms with Gasteiger partial charge < -0.3 is 14.4 Å². The summed E-state index contributed by atoms with van der Waals surface area (Å²) in [5.41, 5.74) is 0. The Hall–Kier alpha value is -2.14. The van der Waals surface area contributed by atoms with E-state index in [0.29, 0.717) is 12.8 Å². The zero-order valence-corrected chi connectivity index (χ0v) is 31.8. The first-order valence-electron chi connectivity index (χ1n) is 20.1. The van der Waals surface area contributed by atoms with Gasteiger partial charge in [0.05, 0.1) is 0 Å². The van der Waals surface area contributed by atoms with E-state index in [1.165, 1.54) is 77.0 Å². The minimum Gasteiger partial charge on any atom is -0.458 e. The van der Waals surface area contributed by atoms with Gasteiger partial charge in [-0.3, -0.25) is 9.59 Å². The molecule has 0 saturated heterocycles. The van der Waals surface area contributed by atoms with Crippen LogP contribution in [-0.4, -0.2) is 49.7 Å². The molecule has 0 radical (unpaired) electrons. The van der Waals surface area contributed by atoms with Crippen LogP contribution in [0, 0.1) is 5.92 Å². The molecular weight excluding hydrogens is 594 g/mol. The number of carbonyl (C=O) groups is 2. The van der Waals surface area contributed by atoms with Crippen LogP contribution in [0.25, 0.3) is 0 Å². The van der Waals surface area contributed by atoms with Crippen LogP contribution >= 0.6 is 0 Å². The lowest BCUT2D eigenvalue weighted by Crippen LogP contribution is -2.54. The van der Waals surface area contributed by atoms with Crippen LogP contribution in [0.3, 0.4) is 0 Å². The molecule has 48 heavy (non-hydrogen) atoms. The fourth-order valence-electron chi connectivity index (χ4n) is 6.21. The Morgan fingerprint density at radius 2 is 0.938 bits per heavy atom. The molecule has 0 unspecified atom stereocenters. The molecular formula is C43H75NO4. The Labute approximate surface area is 297 Å². The minimum absolute atomic E-state index is 0.149. The second-order valence-corrected chi connectivity index (χ2v) is 14.2. The molecule has 1 aliphatic rings. The van der Waals surface area contributed by atoms with Gasteiger partial charge in [0, 0.05) is 25.3 Å². The summed E-state index contributed by atoms with van der Waals surface area (Å²) < 4.78 is 11.7. The van der Waals surface area contributed by atoms with E-state index in [-0.39, 0.29) is 30.1 Å². The predicted octanol–water partition coefficient (Wildman–Crippen LogP) is 12.0. The van der Waals surface area contributed by atoms with Crippen LogP contribution in [0.4, 0.5) is 0 Å². The van der Waals surface area contributed by atoms with Gasteiger partial charge in [0.1, 0.15) is 12.2 Å². The van der Waals surface area contributed by atoms with E-state index in [1.54, 1.807) is 0 Å². The van der Waals surface area contributed by atoms with E-state index in [2.05, 4.69) is 67.4 Å². The van der Waals surface area contributed by atoms with Crippen LogP contribution in [0.1, 0.15) is 174 Å². The molecule has 1 fully saturated rings. The maximum Gasteiger partial charge on any atom is 0.306 e. The molecule has 276 valence electrons. The molecule has 0 spiro atoms. The maximum absolute atomic E-state index is 12.7. The van der Waals surface area contributed by atoms with Gasteiger partial charge in [-0.05, 0) is 97.6 Å². The third kappa shape index (κ3) is 25.8. The van der Waals surface area contributed by atoms with E-state index >= 15 is 0 Å². The second kappa shape index (κ2) is 32.1. The van der Waals surface area contributed by atoms with Gasteiger partial charge in [0.15, 0.2) is 0 Å². The number of allylic oxidation sites excluding steroid dienone is 8. The van der Waals surface area contributed by atoms with Crippen molar-refractivity contribution in [3.8, 4) is 0 Å². The van der Waals surface area contributed by atoms with E-state index in [9.17, 15) is 9.59 Å². The lowest BCUT2D eigenvalue weighted by Gasteiger charge is -2.43. The molecule has 0 aliphatic heterocycles. The normalized spacial score (nSPS) is 18.1. The molecule has 5 nitrogen and oxygen atoms in total. The first kappa shape index (κ1) is 43.9. The highest BCUT2D eigenvalue weighted by Crippen LogP contribution is 2.35. The largest absolute Gasteiger partial charge is 0.458 e. The maximum atomic E-state index is 12.7. The van der Waals surface area contributed by atoms with Crippen molar-refractivity contribution >= 4 is 11.9 Å². The van der Waals surface area contributed by atoms with Crippen molar-refractivity contribution in [2.24, 2.45) is 5.92 Å². The fraction of sp³-hybridized carbons (Fsp3) is 0.767. The van der Waals surface area contributed by atoms with Gasteiger partial charge in [0.2, 0.25) is 0 Å². The van der Waals surface area contributed by atoms with E-state index in [0.717, 1.165) is 77.2 Å². The average molecular weight is 670 g/mol. The van der Waals surface area contributed by atoms with Crippen molar-refractivity contribution in [2.75, 3.05) is 20.6 Å². The summed E-state index contributed by atoms with van der Waals surface area (Å²) in [6, 6.07) is 0. The van der Waals surface area contributed by atoms with Gasteiger partial charge in [-0.15, -0.1) is 0 Å². The van der Waals surface area contributed by atoms with Gasteiger partial charge in [-0.2, -0.15) is 0 Å². The van der Waals surface area contributed by atoms with Gasteiger partial charge in [0.25, 0.3) is 0 Å². The summed E-state index contributed by atoms with van der Waals surface area (Å²) >= 11 is 0. The van der Waals surface area contributed by atoms with E-state index in [4.69, 9.17) is 9.47 Å². The highest BCUT2D eigenvalue weighted by molar-refractivity contribution is 5.71. The highest BCUT2D eigenvalue weighted by Gasteiger charge is 2.46. The van der Waals surface area contributed by atoms with Gasteiger partial charge >= 0.3 is 11.9 Å². The van der Waals surface area contributed by atoms with Crippen molar-refractivity contribution in [1.29, 1.82) is 0 Å². The fourth-order valence-corrected chi connectivity index (χ4v) is 6.21. The van der Waals surface area contributed by atoms with Crippen molar-refractivity contribution in [1.82, 2.24) is 4.90 Å². The second-order valence-electron chi connectivity index (χ2n) is 14.2.